The fourth-order valence-corrected chi connectivity index (χ4v) is 1.23. The Labute approximate surface area is 112 Å². The number of nitriles is 1. The van der Waals surface area contributed by atoms with E-state index in [1.165, 1.54) is 18.2 Å². The number of nitrogens with zero attached hydrogens (tertiary/aromatic N) is 3. The predicted octanol–water partition coefficient (Wildman–Crippen LogP) is 2.19. The fourth-order valence-electron chi connectivity index (χ4n) is 1.23. The van der Waals surface area contributed by atoms with Crippen LogP contribution in [0.25, 0.3) is 0 Å². The summed E-state index contributed by atoms with van der Waals surface area (Å²) in [5, 5.41) is 19.6. The second-order valence-electron chi connectivity index (χ2n) is 5.04. The van der Waals surface area contributed by atoms with Gasteiger partial charge in [-0.2, -0.15) is 5.26 Å². The first kappa shape index (κ1) is 14.9. The van der Waals surface area contributed by atoms with E-state index in [0.717, 1.165) is 0 Å². The van der Waals surface area contributed by atoms with Crippen LogP contribution in [0.2, 0.25) is 0 Å². The van der Waals surface area contributed by atoms with E-state index in [9.17, 15) is 10.1 Å². The average molecular weight is 263 g/mol. The number of ether oxygens (including phenoxy) is 1. The second-order valence-corrected chi connectivity index (χ2v) is 5.04. The smallest absolute Gasteiger partial charge is 0.271 e. The molecule has 0 bridgehead atoms. The Hall–Kier alpha value is -2.13. The van der Waals surface area contributed by atoms with Crippen molar-refractivity contribution in [3.63, 3.8) is 0 Å². The molecule has 19 heavy (non-hydrogen) atoms. The Morgan fingerprint density at radius 1 is 1.47 bits per heavy atom. The second kappa shape index (κ2) is 5.67. The molecule has 0 amide bonds. The van der Waals surface area contributed by atoms with Crippen molar-refractivity contribution in [1.29, 1.82) is 5.26 Å². The lowest BCUT2D eigenvalue weighted by Crippen LogP contribution is -2.43. The number of hydrogen-bond acceptors (Lipinski definition) is 5. The molecular formula is C13H17N3O3. The maximum Gasteiger partial charge on any atom is 0.271 e. The van der Waals surface area contributed by atoms with Crippen LogP contribution in [0.4, 0.5) is 5.69 Å². The van der Waals surface area contributed by atoms with Gasteiger partial charge in [0.2, 0.25) is 0 Å². The van der Waals surface area contributed by atoms with Crippen molar-refractivity contribution in [3.05, 3.63) is 33.9 Å². The molecule has 1 aromatic rings. The van der Waals surface area contributed by atoms with Crippen LogP contribution in [0, 0.1) is 21.4 Å². The molecule has 6 nitrogen and oxygen atoms in total. The molecule has 0 radical (unpaired) electrons. The third kappa shape index (κ3) is 3.66. The van der Waals surface area contributed by atoms with Gasteiger partial charge in [-0.25, -0.2) is 0 Å². The van der Waals surface area contributed by atoms with Crippen molar-refractivity contribution < 1.29 is 9.66 Å². The lowest BCUT2D eigenvalue weighted by Gasteiger charge is -2.32. The van der Waals surface area contributed by atoms with E-state index in [2.05, 4.69) is 0 Å². The lowest BCUT2D eigenvalue weighted by atomic mass is 10.1. The summed E-state index contributed by atoms with van der Waals surface area (Å²) in [6, 6.07) is 5.93. The van der Waals surface area contributed by atoms with Gasteiger partial charge in [-0.15, -0.1) is 0 Å². The summed E-state index contributed by atoms with van der Waals surface area (Å²) in [6.45, 7) is 4.39. The van der Waals surface area contributed by atoms with Gasteiger partial charge in [0, 0.05) is 17.7 Å². The number of hydrogen-bond donors (Lipinski definition) is 0. The van der Waals surface area contributed by atoms with Crippen molar-refractivity contribution in [3.8, 4) is 11.8 Å². The minimum Gasteiger partial charge on any atom is -0.490 e. The summed E-state index contributed by atoms with van der Waals surface area (Å²) in [7, 11) is 3.87. The summed E-state index contributed by atoms with van der Waals surface area (Å²) in [5.74, 6) is 0.364. The van der Waals surface area contributed by atoms with Crippen LogP contribution in [0.15, 0.2) is 18.2 Å². The van der Waals surface area contributed by atoms with E-state index >= 15 is 0 Å². The highest BCUT2D eigenvalue weighted by atomic mass is 16.6. The normalized spacial score (nSPS) is 11.2. The molecule has 0 aromatic heterocycles. The van der Waals surface area contributed by atoms with Gasteiger partial charge in [0.25, 0.3) is 5.69 Å². The van der Waals surface area contributed by atoms with Crippen molar-refractivity contribution in [1.82, 2.24) is 4.90 Å². The minimum atomic E-state index is -0.533. The van der Waals surface area contributed by atoms with Crippen molar-refractivity contribution in [2.75, 3.05) is 20.7 Å². The standard InChI is InChI=1S/C13H17N3O3/c1-13(2,15(3)4)9-19-12-6-5-11(16(17)18)7-10(12)8-14/h5-7H,9H2,1-4H3. The molecule has 0 aliphatic rings. The Morgan fingerprint density at radius 3 is 2.58 bits per heavy atom. The van der Waals surface area contributed by atoms with E-state index in [4.69, 9.17) is 10.00 Å². The Kier molecular flexibility index (Phi) is 4.46. The molecule has 0 aliphatic heterocycles. The molecule has 0 spiro atoms. The largest absolute Gasteiger partial charge is 0.490 e. The third-order valence-corrected chi connectivity index (χ3v) is 3.09. The highest BCUT2D eigenvalue weighted by molar-refractivity contribution is 5.50. The minimum absolute atomic E-state index is 0.115. The van der Waals surface area contributed by atoms with Gasteiger partial charge >= 0.3 is 0 Å². The van der Waals surface area contributed by atoms with Gasteiger partial charge in [-0.3, -0.25) is 10.1 Å². The molecule has 0 N–H and O–H groups in total. The van der Waals surface area contributed by atoms with Crippen molar-refractivity contribution in [2.45, 2.75) is 19.4 Å². The number of rotatable bonds is 5. The average Bonchev–Trinajstić information content (AvgIpc) is 2.35. The molecule has 0 aliphatic carbocycles. The zero-order valence-electron chi connectivity index (χ0n) is 11.5. The zero-order chi connectivity index (χ0) is 14.6. The van der Waals surface area contributed by atoms with E-state index < -0.39 is 4.92 Å². The highest BCUT2D eigenvalue weighted by Crippen LogP contribution is 2.24. The molecule has 1 aromatic carbocycles. The molecule has 1 rings (SSSR count). The number of non-ortho nitro benzene ring substituents is 1. The summed E-state index contributed by atoms with van der Waals surface area (Å²) in [5.41, 5.74) is -0.145. The van der Waals surface area contributed by atoms with Crippen LogP contribution < -0.4 is 4.74 Å². The van der Waals surface area contributed by atoms with Crippen molar-refractivity contribution in [2.24, 2.45) is 0 Å². The first-order chi connectivity index (χ1) is 8.77. The van der Waals surface area contributed by atoms with Gasteiger partial charge < -0.3 is 9.64 Å². The van der Waals surface area contributed by atoms with Gasteiger partial charge in [-0.05, 0) is 34.0 Å². The van der Waals surface area contributed by atoms with E-state index in [1.807, 2.05) is 38.9 Å². The topological polar surface area (TPSA) is 79.4 Å². The summed E-state index contributed by atoms with van der Waals surface area (Å²) < 4.78 is 5.60. The maximum absolute atomic E-state index is 10.6. The van der Waals surface area contributed by atoms with Gasteiger partial charge in [0.15, 0.2) is 0 Å². The quantitative estimate of drug-likeness (QED) is 0.601. The summed E-state index contributed by atoms with van der Waals surface area (Å²) >= 11 is 0. The monoisotopic (exact) mass is 263 g/mol. The number of nitro benzene ring substituents is 1. The SMILES string of the molecule is CN(C)C(C)(C)COc1ccc([N+](=O)[O-])cc1C#N. The van der Waals surface area contributed by atoms with E-state index in [-0.39, 0.29) is 16.8 Å². The van der Waals surface area contributed by atoms with Crippen LogP contribution in [0.5, 0.6) is 5.75 Å². The molecule has 0 saturated heterocycles. The highest BCUT2D eigenvalue weighted by Gasteiger charge is 2.22. The first-order valence-electron chi connectivity index (χ1n) is 5.76. The molecule has 6 heteroatoms. The predicted molar refractivity (Wildman–Crippen MR) is 71.1 cm³/mol. The molecule has 0 fully saturated rings. The molecule has 102 valence electrons. The Bertz CT molecular complexity index is 518. The Balaban J connectivity index is 2.91. The van der Waals surface area contributed by atoms with Crippen LogP contribution in [0.1, 0.15) is 19.4 Å². The molecule has 0 saturated carbocycles. The van der Waals surface area contributed by atoms with Gasteiger partial charge in [-0.1, -0.05) is 0 Å². The number of benzene rings is 1. The first-order valence-corrected chi connectivity index (χ1v) is 5.76. The summed E-state index contributed by atoms with van der Waals surface area (Å²) in [6.07, 6.45) is 0. The van der Waals surface area contributed by atoms with E-state index in [1.54, 1.807) is 0 Å². The number of nitro groups is 1. The van der Waals surface area contributed by atoms with Crippen LogP contribution in [-0.2, 0) is 0 Å². The van der Waals surface area contributed by atoms with Gasteiger partial charge in [0.1, 0.15) is 24.0 Å². The van der Waals surface area contributed by atoms with E-state index in [0.29, 0.717) is 12.4 Å². The van der Waals surface area contributed by atoms with Gasteiger partial charge in [0.05, 0.1) is 4.92 Å². The number of likely N-dealkylation sites (N-methyl/N-ethyl adjacent to an activating group) is 1. The van der Waals surface area contributed by atoms with Crippen LogP contribution in [0.3, 0.4) is 0 Å². The molecule has 0 atom stereocenters. The van der Waals surface area contributed by atoms with Crippen LogP contribution in [-0.4, -0.2) is 36.1 Å². The van der Waals surface area contributed by atoms with Crippen LogP contribution >= 0.6 is 0 Å². The molecule has 0 unspecified atom stereocenters. The lowest BCUT2D eigenvalue weighted by molar-refractivity contribution is -0.384. The third-order valence-electron chi connectivity index (χ3n) is 3.09. The summed E-state index contributed by atoms with van der Waals surface area (Å²) in [4.78, 5) is 12.1. The van der Waals surface area contributed by atoms with Crippen molar-refractivity contribution >= 4 is 5.69 Å². The fraction of sp³-hybridized carbons (Fsp3) is 0.462. The molecular weight excluding hydrogens is 246 g/mol. The zero-order valence-corrected chi connectivity index (χ0v) is 11.5. The Morgan fingerprint density at radius 2 is 2.11 bits per heavy atom. The molecule has 0 heterocycles. The maximum atomic E-state index is 10.6.